The van der Waals surface area contributed by atoms with Crippen molar-refractivity contribution in [3.8, 4) is 5.69 Å². The Balaban J connectivity index is 1.59. The number of rotatable bonds is 5. The second kappa shape index (κ2) is 7.59. The zero-order valence-corrected chi connectivity index (χ0v) is 16.5. The van der Waals surface area contributed by atoms with E-state index >= 15 is 0 Å². The number of tetrazole rings is 1. The number of halogens is 1. The third kappa shape index (κ3) is 3.33. The maximum absolute atomic E-state index is 12.2. The lowest BCUT2D eigenvalue weighted by Crippen LogP contribution is -2.23. The van der Waals surface area contributed by atoms with E-state index in [1.807, 2.05) is 6.92 Å². The molecule has 1 aliphatic rings. The molecule has 0 spiro atoms. The summed E-state index contributed by atoms with van der Waals surface area (Å²) in [6.45, 7) is 2.05. The van der Waals surface area contributed by atoms with Crippen LogP contribution in [-0.2, 0) is 31.3 Å². The fourth-order valence-corrected chi connectivity index (χ4v) is 3.78. The second-order valence-electron chi connectivity index (χ2n) is 6.78. The minimum absolute atomic E-state index is 0.115. The Morgan fingerprint density at radius 1 is 1.21 bits per heavy atom. The topological polar surface area (TPSA) is 74.3 Å². The van der Waals surface area contributed by atoms with Crippen LogP contribution < -0.4 is 5.69 Å². The number of aryl methyl sites for hydroxylation is 2. The highest BCUT2D eigenvalue weighted by atomic mass is 35.5. The van der Waals surface area contributed by atoms with Crippen molar-refractivity contribution < 1.29 is 4.84 Å². The largest absolute Gasteiger partial charge is 0.391 e. The Kier molecular flexibility index (Phi) is 5.00. The van der Waals surface area contributed by atoms with Crippen LogP contribution in [0, 0.1) is 0 Å². The van der Waals surface area contributed by atoms with Crippen LogP contribution in [0.2, 0.25) is 5.02 Å². The molecular weight excluding hydrogens is 378 g/mol. The van der Waals surface area contributed by atoms with Crippen molar-refractivity contribution in [3.05, 3.63) is 74.2 Å². The molecule has 4 rings (SSSR count). The maximum atomic E-state index is 12.2. The Morgan fingerprint density at radius 2 is 2.04 bits per heavy atom. The van der Waals surface area contributed by atoms with Gasteiger partial charge in [-0.2, -0.15) is 9.36 Å². The summed E-state index contributed by atoms with van der Waals surface area (Å²) < 4.78 is 2.36. The lowest BCUT2D eigenvalue weighted by atomic mass is 10.0. The van der Waals surface area contributed by atoms with E-state index in [0.717, 1.165) is 28.8 Å². The van der Waals surface area contributed by atoms with Gasteiger partial charge in [0.15, 0.2) is 0 Å². The number of fused-ring (bicyclic) bond motifs is 1. The van der Waals surface area contributed by atoms with E-state index in [0.29, 0.717) is 16.3 Å². The summed E-state index contributed by atoms with van der Waals surface area (Å²) in [6.07, 6.45) is 3.37. The Labute approximate surface area is 167 Å². The van der Waals surface area contributed by atoms with Gasteiger partial charge in [-0.15, -0.1) is 0 Å². The smallest absolute Gasteiger partial charge is 0.368 e. The van der Waals surface area contributed by atoms with E-state index in [4.69, 9.17) is 16.4 Å². The number of benzene rings is 2. The van der Waals surface area contributed by atoms with E-state index in [1.54, 1.807) is 25.2 Å². The van der Waals surface area contributed by atoms with Crippen molar-refractivity contribution in [2.45, 2.75) is 32.8 Å². The van der Waals surface area contributed by atoms with Crippen LogP contribution >= 0.6 is 11.6 Å². The molecule has 0 atom stereocenters. The molecule has 0 saturated carbocycles. The Morgan fingerprint density at radius 3 is 2.82 bits per heavy atom. The highest BCUT2D eigenvalue weighted by Gasteiger charge is 2.17. The molecule has 0 bridgehead atoms. The average molecular weight is 398 g/mol. The number of hydrogen-bond acceptors (Lipinski definition) is 5. The van der Waals surface area contributed by atoms with Gasteiger partial charge in [0, 0.05) is 23.2 Å². The standard InChI is InChI=1S/C20H20ClN5O2/c1-13(15-8-3-6-14-7-4-9-16(14)15)22-28-12-17-18(21)10-5-11-19(17)26-20(27)25(2)23-24-26/h3,5-6,8,10-11H,4,7,9,12H2,1-2H3. The first-order valence-electron chi connectivity index (χ1n) is 9.10. The third-order valence-electron chi connectivity index (χ3n) is 4.99. The molecule has 0 fully saturated rings. The SMILES string of the molecule is CC(=NOCc1c(Cl)cccc1-n1nnn(C)c1=O)c1cccc2c1CCC2. The van der Waals surface area contributed by atoms with Gasteiger partial charge in [0.25, 0.3) is 0 Å². The number of aromatic nitrogens is 4. The lowest BCUT2D eigenvalue weighted by molar-refractivity contribution is 0.130. The van der Waals surface area contributed by atoms with Crippen LogP contribution in [0.1, 0.15) is 35.6 Å². The third-order valence-corrected chi connectivity index (χ3v) is 5.34. The predicted molar refractivity (Wildman–Crippen MR) is 107 cm³/mol. The number of oxime groups is 1. The molecule has 2 aromatic carbocycles. The zero-order valence-electron chi connectivity index (χ0n) is 15.7. The fraction of sp³-hybridized carbons (Fsp3) is 0.300. The molecule has 1 aliphatic carbocycles. The van der Waals surface area contributed by atoms with E-state index < -0.39 is 0 Å². The quantitative estimate of drug-likeness (QED) is 0.490. The van der Waals surface area contributed by atoms with Crippen molar-refractivity contribution in [1.29, 1.82) is 0 Å². The molecule has 28 heavy (non-hydrogen) atoms. The van der Waals surface area contributed by atoms with Gasteiger partial charge in [0.2, 0.25) is 0 Å². The number of nitrogens with zero attached hydrogens (tertiary/aromatic N) is 5. The molecule has 144 valence electrons. The van der Waals surface area contributed by atoms with Crippen LogP contribution in [0.25, 0.3) is 5.69 Å². The van der Waals surface area contributed by atoms with Gasteiger partial charge < -0.3 is 4.84 Å². The normalized spacial score (nSPS) is 13.6. The minimum Gasteiger partial charge on any atom is -0.391 e. The first kappa shape index (κ1) is 18.4. The van der Waals surface area contributed by atoms with Crippen molar-refractivity contribution in [2.75, 3.05) is 0 Å². The molecule has 0 N–H and O–H groups in total. The molecule has 1 aromatic heterocycles. The summed E-state index contributed by atoms with van der Waals surface area (Å²) in [5.41, 5.74) is 5.49. The molecule has 0 aliphatic heterocycles. The van der Waals surface area contributed by atoms with Crippen molar-refractivity contribution in [1.82, 2.24) is 19.8 Å². The molecular formula is C20H20ClN5O2. The average Bonchev–Trinajstić information content (AvgIpc) is 3.30. The summed E-state index contributed by atoms with van der Waals surface area (Å²) >= 11 is 6.35. The van der Waals surface area contributed by atoms with Crippen LogP contribution in [-0.4, -0.2) is 25.5 Å². The van der Waals surface area contributed by atoms with E-state index in [2.05, 4.69) is 33.8 Å². The van der Waals surface area contributed by atoms with Crippen LogP contribution in [0.3, 0.4) is 0 Å². The monoisotopic (exact) mass is 397 g/mol. The van der Waals surface area contributed by atoms with Gasteiger partial charge in [-0.3, -0.25) is 0 Å². The highest BCUT2D eigenvalue weighted by molar-refractivity contribution is 6.31. The molecule has 0 saturated heterocycles. The van der Waals surface area contributed by atoms with Gasteiger partial charge in [0.1, 0.15) is 6.61 Å². The van der Waals surface area contributed by atoms with Crippen LogP contribution in [0.4, 0.5) is 0 Å². The molecule has 0 radical (unpaired) electrons. The summed E-state index contributed by atoms with van der Waals surface area (Å²) in [5.74, 6) is 0. The summed E-state index contributed by atoms with van der Waals surface area (Å²) in [4.78, 5) is 17.8. The highest BCUT2D eigenvalue weighted by Crippen LogP contribution is 2.26. The minimum atomic E-state index is -0.358. The van der Waals surface area contributed by atoms with Crippen LogP contribution in [0.15, 0.2) is 46.3 Å². The molecule has 0 amide bonds. The summed E-state index contributed by atoms with van der Waals surface area (Å²) in [5, 5.41) is 12.4. The van der Waals surface area contributed by atoms with Crippen molar-refractivity contribution in [3.63, 3.8) is 0 Å². The maximum Gasteiger partial charge on any atom is 0.368 e. The molecule has 8 heteroatoms. The van der Waals surface area contributed by atoms with E-state index in [1.165, 1.54) is 22.2 Å². The predicted octanol–water partition coefficient (Wildman–Crippen LogP) is 3.05. The molecule has 7 nitrogen and oxygen atoms in total. The van der Waals surface area contributed by atoms with E-state index in [9.17, 15) is 4.79 Å². The molecule has 0 unspecified atom stereocenters. The van der Waals surface area contributed by atoms with Crippen LogP contribution in [0.5, 0.6) is 0 Å². The Bertz CT molecular complexity index is 1120. The molecule has 3 aromatic rings. The zero-order chi connectivity index (χ0) is 19.7. The Hall–Kier alpha value is -2.93. The van der Waals surface area contributed by atoms with Gasteiger partial charge in [-0.1, -0.05) is 41.0 Å². The molecule has 1 heterocycles. The van der Waals surface area contributed by atoms with Gasteiger partial charge in [-0.05, 0) is 59.9 Å². The first-order valence-corrected chi connectivity index (χ1v) is 9.48. The van der Waals surface area contributed by atoms with Crippen molar-refractivity contribution in [2.24, 2.45) is 12.2 Å². The lowest BCUT2D eigenvalue weighted by Gasteiger charge is -2.11. The van der Waals surface area contributed by atoms with Gasteiger partial charge in [-0.25, -0.2) is 4.79 Å². The first-order chi connectivity index (χ1) is 13.6. The van der Waals surface area contributed by atoms with E-state index in [-0.39, 0.29) is 12.3 Å². The summed E-state index contributed by atoms with van der Waals surface area (Å²) in [7, 11) is 1.54. The number of hydrogen-bond donors (Lipinski definition) is 0. The van der Waals surface area contributed by atoms with Gasteiger partial charge >= 0.3 is 5.69 Å². The van der Waals surface area contributed by atoms with Gasteiger partial charge in [0.05, 0.1) is 11.4 Å². The summed E-state index contributed by atoms with van der Waals surface area (Å²) in [6, 6.07) is 11.6. The van der Waals surface area contributed by atoms with Crippen molar-refractivity contribution >= 4 is 17.3 Å². The second-order valence-corrected chi connectivity index (χ2v) is 7.19. The fourth-order valence-electron chi connectivity index (χ4n) is 3.55.